The van der Waals surface area contributed by atoms with Gasteiger partial charge in [-0.15, -0.1) is 0 Å². The predicted octanol–water partition coefficient (Wildman–Crippen LogP) is 1.82. The molecule has 0 bridgehead atoms. The van der Waals surface area contributed by atoms with Crippen molar-refractivity contribution in [3.63, 3.8) is 0 Å². The van der Waals surface area contributed by atoms with Gasteiger partial charge in [-0.05, 0) is 31.6 Å². The molecular weight excluding hydrogens is 152 g/mol. The summed E-state index contributed by atoms with van der Waals surface area (Å²) in [5, 5.41) is 9.52. The second-order valence-corrected chi connectivity index (χ2v) is 3.90. The van der Waals surface area contributed by atoms with Crippen LogP contribution in [0.15, 0.2) is 0 Å². The molecule has 0 spiro atoms. The summed E-state index contributed by atoms with van der Waals surface area (Å²) in [6.45, 7) is 2.72. The number of hydrogen-bond acceptors (Lipinski definition) is 2. The van der Waals surface area contributed by atoms with E-state index >= 15 is 0 Å². The van der Waals surface area contributed by atoms with Crippen molar-refractivity contribution in [3.8, 4) is 0 Å². The monoisotopic (exact) mass is 172 g/mol. The van der Waals surface area contributed by atoms with E-state index in [0.29, 0.717) is 11.8 Å². The molecule has 0 aromatic rings. The smallest absolute Gasteiger partial charge is 0.0543 e. The first-order chi connectivity index (χ1) is 5.75. The zero-order chi connectivity index (χ0) is 8.97. The molecule has 12 heavy (non-hydrogen) atoms. The highest BCUT2D eigenvalue weighted by molar-refractivity contribution is 4.78. The summed E-state index contributed by atoms with van der Waals surface area (Å²) in [7, 11) is 1.74. The summed E-state index contributed by atoms with van der Waals surface area (Å²) in [5.74, 6) is 1.06. The van der Waals surface area contributed by atoms with Gasteiger partial charge in [-0.2, -0.15) is 0 Å². The van der Waals surface area contributed by atoms with Gasteiger partial charge < -0.3 is 9.84 Å². The van der Waals surface area contributed by atoms with E-state index in [0.717, 1.165) is 6.61 Å². The highest BCUT2D eigenvalue weighted by Gasteiger charge is 2.28. The van der Waals surface area contributed by atoms with Crippen molar-refractivity contribution in [3.05, 3.63) is 0 Å². The Morgan fingerprint density at radius 2 is 2.08 bits per heavy atom. The van der Waals surface area contributed by atoms with Gasteiger partial charge in [-0.1, -0.05) is 12.8 Å². The van der Waals surface area contributed by atoms with Crippen LogP contribution in [0, 0.1) is 11.8 Å². The average molecular weight is 172 g/mol. The van der Waals surface area contributed by atoms with Crippen LogP contribution >= 0.6 is 0 Å². The molecule has 1 N–H and O–H groups in total. The van der Waals surface area contributed by atoms with Crippen LogP contribution < -0.4 is 0 Å². The molecule has 0 radical (unpaired) electrons. The first-order valence-electron chi connectivity index (χ1n) is 4.92. The quantitative estimate of drug-likeness (QED) is 0.703. The van der Waals surface area contributed by atoms with E-state index in [4.69, 9.17) is 4.74 Å². The molecule has 1 aliphatic rings. The number of rotatable bonds is 3. The third-order valence-corrected chi connectivity index (χ3v) is 2.97. The van der Waals surface area contributed by atoms with E-state index in [1.54, 1.807) is 7.11 Å². The average Bonchev–Trinajstić information content (AvgIpc) is 2.05. The van der Waals surface area contributed by atoms with E-state index in [9.17, 15) is 5.11 Å². The SMILES string of the molecule is COCC1CCCCC1C(C)O. The Morgan fingerprint density at radius 3 is 2.67 bits per heavy atom. The van der Waals surface area contributed by atoms with Gasteiger partial charge >= 0.3 is 0 Å². The molecule has 0 heterocycles. The van der Waals surface area contributed by atoms with Crippen molar-refractivity contribution in [1.82, 2.24) is 0 Å². The molecule has 1 rings (SSSR count). The summed E-state index contributed by atoms with van der Waals surface area (Å²) in [5.41, 5.74) is 0. The molecule has 0 saturated heterocycles. The van der Waals surface area contributed by atoms with E-state index in [-0.39, 0.29) is 6.10 Å². The third kappa shape index (κ3) is 2.46. The standard InChI is InChI=1S/C10H20O2/c1-8(11)10-6-4-3-5-9(10)7-12-2/h8-11H,3-7H2,1-2H3. The normalized spacial score (nSPS) is 33.2. The molecule has 3 unspecified atom stereocenters. The first-order valence-corrected chi connectivity index (χ1v) is 4.92. The molecule has 2 heteroatoms. The Labute approximate surface area is 74.9 Å². The molecule has 2 nitrogen and oxygen atoms in total. The van der Waals surface area contributed by atoms with E-state index in [1.165, 1.54) is 25.7 Å². The molecule has 3 atom stereocenters. The Morgan fingerprint density at radius 1 is 1.42 bits per heavy atom. The Balaban J connectivity index is 2.42. The van der Waals surface area contributed by atoms with Crippen LogP contribution in [-0.2, 0) is 4.74 Å². The summed E-state index contributed by atoms with van der Waals surface area (Å²) in [6.07, 6.45) is 4.81. The maximum Gasteiger partial charge on any atom is 0.0543 e. The lowest BCUT2D eigenvalue weighted by atomic mass is 9.77. The largest absolute Gasteiger partial charge is 0.393 e. The lowest BCUT2D eigenvalue weighted by molar-refractivity contribution is 0.0218. The lowest BCUT2D eigenvalue weighted by Gasteiger charge is -2.32. The Kier molecular flexibility index (Phi) is 4.02. The number of methoxy groups -OCH3 is 1. The number of hydrogen-bond donors (Lipinski definition) is 1. The fourth-order valence-electron chi connectivity index (χ4n) is 2.29. The minimum Gasteiger partial charge on any atom is -0.393 e. The molecule has 1 fully saturated rings. The lowest BCUT2D eigenvalue weighted by Crippen LogP contribution is -2.31. The fourth-order valence-corrected chi connectivity index (χ4v) is 2.29. The van der Waals surface area contributed by atoms with Crippen molar-refractivity contribution in [1.29, 1.82) is 0 Å². The topological polar surface area (TPSA) is 29.5 Å². The summed E-state index contributed by atoms with van der Waals surface area (Å²) in [4.78, 5) is 0. The van der Waals surface area contributed by atoms with Gasteiger partial charge in [0.05, 0.1) is 6.10 Å². The van der Waals surface area contributed by atoms with Gasteiger partial charge in [0.15, 0.2) is 0 Å². The molecular formula is C10H20O2. The van der Waals surface area contributed by atoms with E-state index < -0.39 is 0 Å². The first kappa shape index (κ1) is 10.0. The third-order valence-electron chi connectivity index (χ3n) is 2.97. The second kappa shape index (κ2) is 4.83. The fraction of sp³-hybridized carbons (Fsp3) is 1.00. The molecule has 1 saturated carbocycles. The number of aliphatic hydroxyl groups is 1. The zero-order valence-corrected chi connectivity index (χ0v) is 8.12. The van der Waals surface area contributed by atoms with Crippen molar-refractivity contribution in [2.24, 2.45) is 11.8 Å². The maximum absolute atomic E-state index is 9.52. The van der Waals surface area contributed by atoms with Gasteiger partial charge in [0.25, 0.3) is 0 Å². The van der Waals surface area contributed by atoms with Crippen molar-refractivity contribution in [2.45, 2.75) is 38.7 Å². The van der Waals surface area contributed by atoms with Crippen LogP contribution in [0.3, 0.4) is 0 Å². The van der Waals surface area contributed by atoms with E-state index in [1.807, 2.05) is 6.92 Å². The number of ether oxygens (including phenoxy) is 1. The highest BCUT2D eigenvalue weighted by atomic mass is 16.5. The molecule has 0 amide bonds. The van der Waals surface area contributed by atoms with Gasteiger partial charge in [-0.3, -0.25) is 0 Å². The van der Waals surface area contributed by atoms with Crippen LogP contribution in [0.1, 0.15) is 32.6 Å². The molecule has 0 aliphatic heterocycles. The molecule has 72 valence electrons. The van der Waals surface area contributed by atoms with Crippen molar-refractivity contribution < 1.29 is 9.84 Å². The van der Waals surface area contributed by atoms with Gasteiger partial charge in [-0.25, -0.2) is 0 Å². The number of aliphatic hydroxyl groups excluding tert-OH is 1. The van der Waals surface area contributed by atoms with Crippen LogP contribution in [0.5, 0.6) is 0 Å². The summed E-state index contributed by atoms with van der Waals surface area (Å²) < 4.78 is 5.15. The van der Waals surface area contributed by atoms with E-state index in [2.05, 4.69) is 0 Å². The Bertz CT molecular complexity index is 121. The van der Waals surface area contributed by atoms with Crippen LogP contribution in [-0.4, -0.2) is 24.9 Å². The highest BCUT2D eigenvalue weighted by Crippen LogP contribution is 2.32. The van der Waals surface area contributed by atoms with Gasteiger partial charge in [0.1, 0.15) is 0 Å². The summed E-state index contributed by atoms with van der Waals surface area (Å²) in [6, 6.07) is 0. The van der Waals surface area contributed by atoms with Gasteiger partial charge in [0.2, 0.25) is 0 Å². The summed E-state index contributed by atoms with van der Waals surface area (Å²) >= 11 is 0. The van der Waals surface area contributed by atoms with Crippen molar-refractivity contribution in [2.75, 3.05) is 13.7 Å². The maximum atomic E-state index is 9.52. The van der Waals surface area contributed by atoms with Crippen LogP contribution in [0.25, 0.3) is 0 Å². The minimum absolute atomic E-state index is 0.162. The molecule has 0 aromatic heterocycles. The zero-order valence-electron chi connectivity index (χ0n) is 8.12. The predicted molar refractivity (Wildman–Crippen MR) is 49.0 cm³/mol. The Hall–Kier alpha value is -0.0800. The minimum atomic E-state index is -0.162. The van der Waals surface area contributed by atoms with Gasteiger partial charge in [0, 0.05) is 13.7 Å². The second-order valence-electron chi connectivity index (χ2n) is 3.90. The van der Waals surface area contributed by atoms with Crippen LogP contribution in [0.4, 0.5) is 0 Å². The van der Waals surface area contributed by atoms with Crippen molar-refractivity contribution >= 4 is 0 Å². The molecule has 0 aromatic carbocycles. The molecule has 1 aliphatic carbocycles. The van der Waals surface area contributed by atoms with Crippen LogP contribution in [0.2, 0.25) is 0 Å².